The molecule has 7 heteroatoms. The Kier molecular flexibility index (Phi) is 4.62. The summed E-state index contributed by atoms with van der Waals surface area (Å²) >= 11 is 0. The fourth-order valence-electron chi connectivity index (χ4n) is 0.441. The molecule has 0 aromatic rings. The molecule has 82 valence electrons. The van der Waals surface area contributed by atoms with Crippen LogP contribution in [0.15, 0.2) is 46.3 Å². The summed E-state index contributed by atoms with van der Waals surface area (Å²) in [6.07, 6.45) is -2.98. The molecule has 0 aromatic heterocycles. The van der Waals surface area contributed by atoms with E-state index in [9.17, 15) is 25.5 Å². The Bertz CT molecular complexity index is 549. The molecule has 0 unspecified atom stereocenters. The predicted molar refractivity (Wildman–Crippen MR) is 45.7 cm³/mol. The second-order valence-electron chi connectivity index (χ2n) is 1.89. The third kappa shape index (κ3) is 4.34. The SMILES string of the molecule is C=C=C=C=C=C(C(F)=C(F)F)S(=O)(=O)F.[HH]. The van der Waals surface area contributed by atoms with Gasteiger partial charge in [-0.05, 0) is 23.8 Å². The molecule has 0 spiro atoms. The highest BCUT2D eigenvalue weighted by molar-refractivity contribution is 7.90. The highest BCUT2D eigenvalue weighted by Gasteiger charge is 2.25. The Labute approximate surface area is 84.2 Å². The van der Waals surface area contributed by atoms with Gasteiger partial charge in [0.25, 0.3) is 0 Å². The van der Waals surface area contributed by atoms with Crippen LogP contribution in [0.25, 0.3) is 0 Å². The molecule has 0 N–H and O–H groups in total. The van der Waals surface area contributed by atoms with Crippen molar-refractivity contribution in [2.45, 2.75) is 0 Å². The minimum Gasteiger partial charge on any atom is -0.199 e. The highest BCUT2D eigenvalue weighted by Crippen LogP contribution is 2.23. The van der Waals surface area contributed by atoms with E-state index in [1.165, 1.54) is 5.73 Å². The summed E-state index contributed by atoms with van der Waals surface area (Å²) in [5, 5.41) is 0. The van der Waals surface area contributed by atoms with Gasteiger partial charge in [-0.1, -0.05) is 9.62 Å². The maximum Gasteiger partial charge on any atom is 0.343 e. The molecule has 0 radical (unpaired) electrons. The van der Waals surface area contributed by atoms with Crippen LogP contribution < -0.4 is 0 Å². The predicted octanol–water partition coefficient (Wildman–Crippen LogP) is 2.74. The van der Waals surface area contributed by atoms with E-state index in [4.69, 9.17) is 0 Å². The summed E-state index contributed by atoms with van der Waals surface area (Å²) in [6.45, 7) is 2.95. The van der Waals surface area contributed by atoms with Crippen molar-refractivity contribution >= 4 is 10.2 Å². The molecular weight excluding hydrogens is 236 g/mol. The number of halogens is 4. The van der Waals surface area contributed by atoms with E-state index in [-0.39, 0.29) is 1.43 Å². The van der Waals surface area contributed by atoms with E-state index in [1.807, 2.05) is 11.5 Å². The molecular formula is C8H4F4O2S. The first kappa shape index (κ1) is 13.3. The standard InChI is InChI=1S/C8H2F4O2S.H2/c1-2-3-4-5-6(15(12,13)14)7(9)8(10)11;/h1H2;1H. The number of rotatable bonds is 2. The van der Waals surface area contributed by atoms with Crippen LogP contribution in [0.2, 0.25) is 0 Å². The lowest BCUT2D eigenvalue weighted by Crippen LogP contribution is -1.96. The molecule has 0 rings (SSSR count). The van der Waals surface area contributed by atoms with E-state index >= 15 is 0 Å². The smallest absolute Gasteiger partial charge is 0.199 e. The monoisotopic (exact) mass is 240 g/mol. The van der Waals surface area contributed by atoms with Crippen LogP contribution in [-0.4, -0.2) is 8.42 Å². The second-order valence-corrected chi connectivity index (χ2v) is 3.18. The molecule has 0 heterocycles. The molecule has 15 heavy (non-hydrogen) atoms. The lowest BCUT2D eigenvalue weighted by atomic mass is 10.5. The maximum atomic E-state index is 12.4. The minimum atomic E-state index is -5.65. The van der Waals surface area contributed by atoms with E-state index in [1.54, 1.807) is 5.73 Å². The fraction of sp³-hybridized carbons (Fsp3) is 0. The van der Waals surface area contributed by atoms with Gasteiger partial charge < -0.3 is 0 Å². The second kappa shape index (κ2) is 5.23. The molecule has 0 saturated carbocycles. The van der Waals surface area contributed by atoms with Gasteiger partial charge in [-0.3, -0.25) is 0 Å². The van der Waals surface area contributed by atoms with E-state index in [0.717, 1.165) is 0 Å². The van der Waals surface area contributed by atoms with Crippen molar-refractivity contribution in [3.05, 3.63) is 46.3 Å². The molecule has 0 bridgehead atoms. The summed E-state index contributed by atoms with van der Waals surface area (Å²) in [7, 11) is -5.65. The topological polar surface area (TPSA) is 34.1 Å². The summed E-state index contributed by atoms with van der Waals surface area (Å²) in [5.41, 5.74) is 6.71. The van der Waals surface area contributed by atoms with Crippen LogP contribution in [0.3, 0.4) is 0 Å². The Morgan fingerprint density at radius 2 is 1.73 bits per heavy atom. The maximum absolute atomic E-state index is 12.4. The van der Waals surface area contributed by atoms with Crippen molar-refractivity contribution in [2.24, 2.45) is 0 Å². The third-order valence-corrected chi connectivity index (χ3v) is 1.70. The average molecular weight is 240 g/mol. The molecule has 0 atom stereocenters. The van der Waals surface area contributed by atoms with Gasteiger partial charge in [0.1, 0.15) is 0 Å². The van der Waals surface area contributed by atoms with Crippen LogP contribution in [0.4, 0.5) is 17.1 Å². The number of allylic oxidation sites excluding steroid dienone is 1. The first-order valence-corrected chi connectivity index (χ1v) is 4.50. The van der Waals surface area contributed by atoms with E-state index < -0.39 is 27.0 Å². The van der Waals surface area contributed by atoms with Crippen molar-refractivity contribution < 1.29 is 26.9 Å². The van der Waals surface area contributed by atoms with Crippen molar-refractivity contribution in [1.82, 2.24) is 0 Å². The summed E-state index contributed by atoms with van der Waals surface area (Å²) < 4.78 is 68.4. The van der Waals surface area contributed by atoms with Gasteiger partial charge in [0.05, 0.1) is 0 Å². The molecule has 0 aliphatic heterocycles. The Morgan fingerprint density at radius 1 is 1.20 bits per heavy atom. The van der Waals surface area contributed by atoms with E-state index in [2.05, 4.69) is 6.58 Å². The zero-order chi connectivity index (χ0) is 12.1. The Balaban J connectivity index is 0. The summed E-state index contributed by atoms with van der Waals surface area (Å²) in [5.74, 6) is -2.53. The summed E-state index contributed by atoms with van der Waals surface area (Å²) in [4.78, 5) is -1.95. The van der Waals surface area contributed by atoms with Crippen LogP contribution >= 0.6 is 0 Å². The van der Waals surface area contributed by atoms with Gasteiger partial charge in [-0.25, -0.2) is 0 Å². The lowest BCUT2D eigenvalue weighted by Gasteiger charge is -1.92. The number of hydrogen-bond donors (Lipinski definition) is 0. The Hall–Kier alpha value is -1.73. The van der Waals surface area contributed by atoms with Gasteiger partial charge in [0.15, 0.2) is 4.91 Å². The van der Waals surface area contributed by atoms with Gasteiger partial charge >= 0.3 is 16.3 Å². The van der Waals surface area contributed by atoms with Crippen LogP contribution in [0.1, 0.15) is 1.43 Å². The largest absolute Gasteiger partial charge is 0.343 e. The quantitative estimate of drug-likeness (QED) is 0.322. The minimum absolute atomic E-state index is 0. The van der Waals surface area contributed by atoms with Crippen LogP contribution in [0.5, 0.6) is 0 Å². The van der Waals surface area contributed by atoms with Crippen molar-refractivity contribution in [3.63, 3.8) is 0 Å². The van der Waals surface area contributed by atoms with Gasteiger partial charge in [-0.15, -0.1) is 0 Å². The summed E-state index contributed by atoms with van der Waals surface area (Å²) in [6, 6.07) is 0. The van der Waals surface area contributed by atoms with Gasteiger partial charge in [-0.2, -0.15) is 21.6 Å². The molecule has 2 nitrogen and oxygen atoms in total. The zero-order valence-electron chi connectivity index (χ0n) is 6.94. The normalized spacial score (nSPS) is 9.07. The zero-order valence-corrected chi connectivity index (χ0v) is 7.76. The molecule has 0 aliphatic carbocycles. The molecule has 0 amide bonds. The van der Waals surface area contributed by atoms with Crippen LogP contribution in [-0.2, 0) is 10.2 Å². The van der Waals surface area contributed by atoms with Crippen molar-refractivity contribution in [3.8, 4) is 0 Å². The third-order valence-electron chi connectivity index (χ3n) is 0.936. The lowest BCUT2D eigenvalue weighted by molar-refractivity contribution is 0.385. The van der Waals surface area contributed by atoms with Gasteiger partial charge in [0, 0.05) is 1.43 Å². The van der Waals surface area contributed by atoms with Crippen molar-refractivity contribution in [1.29, 1.82) is 0 Å². The fourth-order valence-corrected chi connectivity index (χ4v) is 0.905. The van der Waals surface area contributed by atoms with Crippen molar-refractivity contribution in [2.75, 3.05) is 0 Å². The molecule has 0 saturated heterocycles. The molecule has 0 fully saturated rings. The first-order valence-electron chi connectivity index (χ1n) is 3.11. The van der Waals surface area contributed by atoms with Gasteiger partial charge in [0.2, 0.25) is 5.83 Å². The Morgan fingerprint density at radius 3 is 2.07 bits per heavy atom. The molecule has 0 aliphatic rings. The first-order chi connectivity index (χ1) is 6.80. The number of hydrogen-bond acceptors (Lipinski definition) is 2. The highest BCUT2D eigenvalue weighted by atomic mass is 32.3. The van der Waals surface area contributed by atoms with E-state index in [0.29, 0.717) is 0 Å². The average Bonchev–Trinajstić information content (AvgIpc) is 2.09. The van der Waals surface area contributed by atoms with Crippen LogP contribution in [0, 0.1) is 0 Å². The molecule has 0 aromatic carbocycles.